The maximum atomic E-state index is 11.1. The Bertz CT molecular complexity index is 739. The van der Waals surface area contributed by atoms with Crippen molar-refractivity contribution in [2.24, 2.45) is 0 Å². The molecule has 0 aliphatic rings. The molecule has 1 aromatic carbocycles. The number of hydrogen-bond acceptors (Lipinski definition) is 5. The quantitative estimate of drug-likeness (QED) is 0.461. The number of hydrogen-bond donors (Lipinski definition) is 2. The molecule has 8 nitrogen and oxygen atoms in total. The Labute approximate surface area is 132 Å². The number of carboxylic acids is 1. The second kappa shape index (κ2) is 6.91. The molecule has 2 aromatic rings. The summed E-state index contributed by atoms with van der Waals surface area (Å²) in [5.41, 5.74) is 1.99. The summed E-state index contributed by atoms with van der Waals surface area (Å²) in [5.74, 6) is -1.19. The molecule has 2 N–H and O–H groups in total. The summed E-state index contributed by atoms with van der Waals surface area (Å²) < 4.78 is 1.89. The number of nitrogens with one attached hydrogen (secondary N) is 1. The van der Waals surface area contributed by atoms with Crippen molar-refractivity contribution >= 4 is 17.3 Å². The molecule has 0 spiro atoms. The minimum atomic E-state index is -1.19. The fourth-order valence-corrected chi connectivity index (χ4v) is 2.32. The van der Waals surface area contributed by atoms with Gasteiger partial charge >= 0.3 is 5.97 Å². The van der Waals surface area contributed by atoms with Crippen molar-refractivity contribution in [1.29, 1.82) is 0 Å². The van der Waals surface area contributed by atoms with Gasteiger partial charge in [0.15, 0.2) is 0 Å². The maximum absolute atomic E-state index is 11.1. The molecule has 0 aliphatic carbocycles. The maximum Gasteiger partial charge on any atom is 0.335 e. The van der Waals surface area contributed by atoms with E-state index in [2.05, 4.69) is 10.4 Å². The Morgan fingerprint density at radius 1 is 1.39 bits per heavy atom. The first kappa shape index (κ1) is 16.5. The van der Waals surface area contributed by atoms with Crippen LogP contribution in [0.15, 0.2) is 24.3 Å². The molecule has 0 radical (unpaired) electrons. The molecule has 0 atom stereocenters. The van der Waals surface area contributed by atoms with Gasteiger partial charge in [0.05, 0.1) is 16.2 Å². The highest BCUT2D eigenvalue weighted by Gasteiger charge is 2.16. The fraction of sp³-hybridized carbons (Fsp3) is 0.333. The van der Waals surface area contributed by atoms with Crippen molar-refractivity contribution in [3.63, 3.8) is 0 Å². The zero-order valence-corrected chi connectivity index (χ0v) is 12.9. The summed E-state index contributed by atoms with van der Waals surface area (Å²) in [4.78, 5) is 21.4. The highest BCUT2D eigenvalue weighted by molar-refractivity contribution is 5.89. The van der Waals surface area contributed by atoms with Crippen molar-refractivity contribution in [2.75, 3.05) is 11.9 Å². The molecule has 0 amide bonds. The van der Waals surface area contributed by atoms with Crippen LogP contribution in [0, 0.1) is 24.0 Å². The molecule has 122 valence electrons. The molecule has 2 rings (SSSR count). The van der Waals surface area contributed by atoms with E-state index < -0.39 is 10.9 Å². The summed E-state index contributed by atoms with van der Waals surface area (Å²) in [6.07, 6.45) is 0.736. The molecular formula is C15H18N4O4. The number of aryl methyl sites for hydroxylation is 3. The van der Waals surface area contributed by atoms with Crippen LogP contribution >= 0.6 is 0 Å². The van der Waals surface area contributed by atoms with Crippen LogP contribution in [0.4, 0.5) is 11.4 Å². The van der Waals surface area contributed by atoms with Crippen LogP contribution in [0.25, 0.3) is 0 Å². The van der Waals surface area contributed by atoms with Gasteiger partial charge < -0.3 is 10.4 Å². The number of carboxylic acid groups (broad SMARTS) is 1. The molecule has 0 aliphatic heterocycles. The van der Waals surface area contributed by atoms with E-state index in [0.717, 1.165) is 23.9 Å². The van der Waals surface area contributed by atoms with Crippen LogP contribution in [0.2, 0.25) is 0 Å². The minimum Gasteiger partial charge on any atom is -0.478 e. The van der Waals surface area contributed by atoms with Gasteiger partial charge in [-0.05, 0) is 38.5 Å². The van der Waals surface area contributed by atoms with Crippen LogP contribution in [-0.4, -0.2) is 32.3 Å². The average molecular weight is 318 g/mol. The second-order valence-corrected chi connectivity index (χ2v) is 5.22. The van der Waals surface area contributed by atoms with Crippen molar-refractivity contribution in [1.82, 2.24) is 9.78 Å². The molecule has 0 bridgehead atoms. The lowest BCUT2D eigenvalue weighted by atomic mass is 10.1. The smallest absolute Gasteiger partial charge is 0.335 e. The normalized spacial score (nSPS) is 10.5. The highest BCUT2D eigenvalue weighted by Crippen LogP contribution is 2.25. The Balaban J connectivity index is 1.98. The molecule has 0 unspecified atom stereocenters. The van der Waals surface area contributed by atoms with Gasteiger partial charge in [-0.2, -0.15) is 5.10 Å². The Morgan fingerprint density at radius 3 is 2.70 bits per heavy atom. The topological polar surface area (TPSA) is 110 Å². The summed E-state index contributed by atoms with van der Waals surface area (Å²) in [6.45, 7) is 5.12. The van der Waals surface area contributed by atoms with Gasteiger partial charge in [0.25, 0.3) is 5.69 Å². The summed E-state index contributed by atoms with van der Waals surface area (Å²) in [6, 6.07) is 5.82. The zero-order chi connectivity index (χ0) is 17.0. The lowest BCUT2D eigenvalue weighted by Crippen LogP contribution is -2.10. The Hall–Kier alpha value is -2.90. The number of nitro benzene ring substituents is 1. The first-order valence-electron chi connectivity index (χ1n) is 7.15. The number of aromatic nitrogens is 2. The third-order valence-corrected chi connectivity index (χ3v) is 3.41. The molecule has 0 fully saturated rings. The highest BCUT2D eigenvalue weighted by atomic mass is 16.6. The monoisotopic (exact) mass is 318 g/mol. The van der Waals surface area contributed by atoms with Crippen LogP contribution in [0.3, 0.4) is 0 Å². The SMILES string of the molecule is Cc1cc(C)n(CCCNc2ccc(C(=O)O)cc2[N+](=O)[O-])n1. The molecule has 1 aromatic heterocycles. The van der Waals surface area contributed by atoms with Crippen LogP contribution in [0.5, 0.6) is 0 Å². The number of anilines is 1. The second-order valence-electron chi connectivity index (χ2n) is 5.22. The van der Waals surface area contributed by atoms with Gasteiger partial charge in [-0.15, -0.1) is 0 Å². The molecule has 0 saturated heterocycles. The van der Waals surface area contributed by atoms with E-state index in [0.29, 0.717) is 18.8 Å². The van der Waals surface area contributed by atoms with Gasteiger partial charge in [-0.25, -0.2) is 4.79 Å². The first-order valence-corrected chi connectivity index (χ1v) is 7.15. The van der Waals surface area contributed by atoms with E-state index in [-0.39, 0.29) is 11.3 Å². The van der Waals surface area contributed by atoms with Crippen molar-refractivity contribution < 1.29 is 14.8 Å². The van der Waals surface area contributed by atoms with E-state index in [4.69, 9.17) is 5.11 Å². The summed E-state index contributed by atoms with van der Waals surface area (Å²) in [7, 11) is 0. The molecule has 23 heavy (non-hydrogen) atoms. The van der Waals surface area contributed by atoms with Crippen molar-refractivity contribution in [2.45, 2.75) is 26.8 Å². The zero-order valence-electron chi connectivity index (χ0n) is 12.9. The van der Waals surface area contributed by atoms with Gasteiger partial charge in [0, 0.05) is 24.8 Å². The number of nitrogens with zero attached hydrogens (tertiary/aromatic N) is 3. The van der Waals surface area contributed by atoms with Gasteiger partial charge in [0.1, 0.15) is 5.69 Å². The van der Waals surface area contributed by atoms with Crippen molar-refractivity contribution in [3.05, 3.63) is 51.3 Å². The lowest BCUT2D eigenvalue weighted by molar-refractivity contribution is -0.384. The van der Waals surface area contributed by atoms with Gasteiger partial charge in [-0.3, -0.25) is 14.8 Å². The van der Waals surface area contributed by atoms with E-state index in [9.17, 15) is 14.9 Å². The Morgan fingerprint density at radius 2 is 2.13 bits per heavy atom. The molecule has 8 heteroatoms. The van der Waals surface area contributed by atoms with Crippen molar-refractivity contribution in [3.8, 4) is 0 Å². The lowest BCUT2D eigenvalue weighted by Gasteiger charge is -2.08. The van der Waals surface area contributed by atoms with Gasteiger partial charge in [0.2, 0.25) is 0 Å². The third kappa shape index (κ3) is 4.06. The predicted molar refractivity (Wildman–Crippen MR) is 84.9 cm³/mol. The molecule has 1 heterocycles. The minimum absolute atomic E-state index is 0.107. The molecule has 0 saturated carbocycles. The third-order valence-electron chi connectivity index (χ3n) is 3.41. The fourth-order valence-electron chi connectivity index (χ4n) is 2.32. The summed E-state index contributed by atoms with van der Waals surface area (Å²) >= 11 is 0. The van der Waals surface area contributed by atoms with E-state index in [1.165, 1.54) is 12.1 Å². The van der Waals surface area contributed by atoms with Crippen LogP contribution < -0.4 is 5.32 Å². The summed E-state index contributed by atoms with van der Waals surface area (Å²) in [5, 5.41) is 27.3. The number of benzene rings is 1. The standard InChI is InChI=1S/C15H18N4O4/c1-10-8-11(2)18(17-10)7-3-6-16-13-5-4-12(15(20)21)9-14(13)19(22)23/h4-5,8-9,16H,3,6-7H2,1-2H3,(H,20,21). The van der Waals surface area contributed by atoms with E-state index in [1.807, 2.05) is 24.6 Å². The largest absolute Gasteiger partial charge is 0.478 e. The number of nitro groups is 1. The van der Waals surface area contributed by atoms with Gasteiger partial charge in [-0.1, -0.05) is 0 Å². The predicted octanol–water partition coefficient (Wildman–Crippen LogP) is 2.61. The number of aromatic carboxylic acids is 1. The van der Waals surface area contributed by atoms with Crippen LogP contribution in [0.1, 0.15) is 28.2 Å². The molecular weight excluding hydrogens is 300 g/mol. The number of rotatable bonds is 7. The Kier molecular flexibility index (Phi) is 4.95. The average Bonchev–Trinajstić information content (AvgIpc) is 2.81. The first-order chi connectivity index (χ1) is 10.9. The van der Waals surface area contributed by atoms with Crippen LogP contribution in [-0.2, 0) is 6.54 Å². The van der Waals surface area contributed by atoms with E-state index in [1.54, 1.807) is 0 Å². The van der Waals surface area contributed by atoms with E-state index >= 15 is 0 Å². The number of carbonyl (C=O) groups is 1.